The maximum absolute atomic E-state index is 12.6. The first-order chi connectivity index (χ1) is 13.6. The lowest BCUT2D eigenvalue weighted by Gasteiger charge is -2.14. The largest absolute Gasteiger partial charge is 0.495 e. The van der Waals surface area contributed by atoms with Crippen LogP contribution in [0.3, 0.4) is 0 Å². The van der Waals surface area contributed by atoms with Gasteiger partial charge in [-0.1, -0.05) is 54.2 Å². The van der Waals surface area contributed by atoms with Gasteiger partial charge in [0.2, 0.25) is 5.91 Å². The molecule has 8 heteroatoms. The van der Waals surface area contributed by atoms with E-state index in [1.807, 2.05) is 42.5 Å². The number of benzene rings is 2. The van der Waals surface area contributed by atoms with E-state index in [2.05, 4.69) is 15.5 Å². The van der Waals surface area contributed by atoms with Crippen LogP contribution in [-0.4, -0.2) is 33.0 Å². The molecule has 0 radical (unpaired) electrons. The van der Waals surface area contributed by atoms with Crippen molar-refractivity contribution in [2.45, 2.75) is 30.3 Å². The van der Waals surface area contributed by atoms with Crippen molar-refractivity contribution in [2.75, 3.05) is 12.4 Å². The van der Waals surface area contributed by atoms with Gasteiger partial charge in [-0.25, -0.2) is 9.89 Å². The van der Waals surface area contributed by atoms with E-state index in [1.54, 1.807) is 30.7 Å². The van der Waals surface area contributed by atoms with Crippen molar-refractivity contribution in [3.63, 3.8) is 0 Å². The zero-order valence-corrected chi connectivity index (χ0v) is 16.5. The molecule has 0 aliphatic carbocycles. The molecule has 0 fully saturated rings. The number of carbonyl (C=O) groups excluding carboxylic acids is 1. The number of anilines is 1. The molecule has 0 saturated heterocycles. The highest BCUT2D eigenvalue weighted by molar-refractivity contribution is 8.00. The van der Waals surface area contributed by atoms with Crippen molar-refractivity contribution in [2.24, 2.45) is 0 Å². The number of amides is 1. The van der Waals surface area contributed by atoms with Crippen molar-refractivity contribution >= 4 is 23.4 Å². The van der Waals surface area contributed by atoms with Crippen LogP contribution < -0.4 is 15.7 Å². The standard InChI is InChI=1S/C20H22N4O3S/c1-14(18(25)21-16-10-6-7-11-17(16)27-2)28-20-23-22-19(26)24(20)13-12-15-8-4-3-5-9-15/h3-11,14H,12-13H2,1-2H3,(H,21,25)(H,22,26). The van der Waals surface area contributed by atoms with Gasteiger partial charge in [0.05, 0.1) is 18.0 Å². The highest BCUT2D eigenvalue weighted by atomic mass is 32.2. The summed E-state index contributed by atoms with van der Waals surface area (Å²) in [4.78, 5) is 24.7. The van der Waals surface area contributed by atoms with Crippen molar-refractivity contribution < 1.29 is 9.53 Å². The monoisotopic (exact) mass is 398 g/mol. The first-order valence-electron chi connectivity index (χ1n) is 8.88. The van der Waals surface area contributed by atoms with Gasteiger partial charge in [-0.05, 0) is 31.0 Å². The Morgan fingerprint density at radius 1 is 1.21 bits per heavy atom. The molecule has 7 nitrogen and oxygen atoms in total. The van der Waals surface area contributed by atoms with Gasteiger partial charge in [-0.15, -0.1) is 5.10 Å². The van der Waals surface area contributed by atoms with E-state index in [-0.39, 0.29) is 11.6 Å². The van der Waals surface area contributed by atoms with Crippen LogP contribution in [0.4, 0.5) is 5.69 Å². The van der Waals surface area contributed by atoms with Gasteiger partial charge in [0.25, 0.3) is 0 Å². The fraction of sp³-hybridized carbons (Fsp3) is 0.250. The van der Waals surface area contributed by atoms with Crippen LogP contribution >= 0.6 is 11.8 Å². The van der Waals surface area contributed by atoms with E-state index in [0.717, 1.165) is 5.56 Å². The predicted octanol–water partition coefficient (Wildman–Crippen LogP) is 2.94. The van der Waals surface area contributed by atoms with Crippen molar-refractivity contribution in [3.05, 3.63) is 70.6 Å². The molecule has 1 atom stereocenters. The lowest BCUT2D eigenvalue weighted by molar-refractivity contribution is -0.115. The number of ether oxygens (including phenoxy) is 1. The number of aromatic nitrogens is 3. The number of H-pyrrole nitrogens is 1. The number of carbonyl (C=O) groups is 1. The third kappa shape index (κ3) is 4.83. The van der Waals surface area contributed by atoms with Crippen LogP contribution in [0.15, 0.2) is 64.5 Å². The molecule has 2 aromatic carbocycles. The van der Waals surface area contributed by atoms with E-state index in [9.17, 15) is 9.59 Å². The number of hydrogen-bond donors (Lipinski definition) is 2. The molecule has 146 valence electrons. The van der Waals surface area contributed by atoms with Gasteiger partial charge in [0.1, 0.15) is 5.75 Å². The van der Waals surface area contributed by atoms with Gasteiger partial charge < -0.3 is 10.1 Å². The van der Waals surface area contributed by atoms with E-state index in [0.29, 0.717) is 29.6 Å². The maximum Gasteiger partial charge on any atom is 0.343 e. The first kappa shape index (κ1) is 19.8. The zero-order chi connectivity index (χ0) is 19.9. The smallest absolute Gasteiger partial charge is 0.343 e. The molecule has 1 unspecified atom stereocenters. The second-order valence-electron chi connectivity index (χ2n) is 6.15. The lowest BCUT2D eigenvalue weighted by atomic mass is 10.1. The van der Waals surface area contributed by atoms with Gasteiger partial charge in [0, 0.05) is 6.54 Å². The van der Waals surface area contributed by atoms with E-state index in [1.165, 1.54) is 11.8 Å². The Kier molecular flexibility index (Phi) is 6.54. The molecule has 1 aromatic heterocycles. The van der Waals surface area contributed by atoms with Crippen molar-refractivity contribution in [1.82, 2.24) is 14.8 Å². The minimum atomic E-state index is -0.449. The van der Waals surface area contributed by atoms with Crippen LogP contribution in [0.2, 0.25) is 0 Å². The molecular weight excluding hydrogens is 376 g/mol. The molecule has 1 amide bonds. The number of hydrogen-bond acceptors (Lipinski definition) is 5. The topological polar surface area (TPSA) is 89.0 Å². The van der Waals surface area contributed by atoms with Crippen LogP contribution in [0.25, 0.3) is 0 Å². The molecule has 0 saturated carbocycles. The number of methoxy groups -OCH3 is 1. The van der Waals surface area contributed by atoms with Gasteiger partial charge in [-0.2, -0.15) is 0 Å². The van der Waals surface area contributed by atoms with E-state index in [4.69, 9.17) is 4.74 Å². The van der Waals surface area contributed by atoms with E-state index < -0.39 is 5.25 Å². The number of para-hydroxylation sites is 2. The third-order valence-corrected chi connectivity index (χ3v) is 5.30. The minimum absolute atomic E-state index is 0.195. The number of thioether (sulfide) groups is 1. The summed E-state index contributed by atoms with van der Waals surface area (Å²) in [6, 6.07) is 17.1. The minimum Gasteiger partial charge on any atom is -0.495 e. The van der Waals surface area contributed by atoms with Gasteiger partial charge >= 0.3 is 5.69 Å². The molecule has 2 N–H and O–H groups in total. The fourth-order valence-corrected chi connectivity index (χ4v) is 3.55. The van der Waals surface area contributed by atoms with E-state index >= 15 is 0 Å². The number of rotatable bonds is 8. The van der Waals surface area contributed by atoms with Crippen LogP contribution in [0.1, 0.15) is 12.5 Å². The summed E-state index contributed by atoms with van der Waals surface area (Å²) in [6.07, 6.45) is 0.704. The Labute approximate surface area is 167 Å². The Bertz CT molecular complexity index is 984. The average Bonchev–Trinajstić information content (AvgIpc) is 3.06. The summed E-state index contributed by atoms with van der Waals surface area (Å²) in [5.41, 5.74) is 1.45. The lowest BCUT2D eigenvalue weighted by Crippen LogP contribution is -2.24. The van der Waals surface area contributed by atoms with Crippen molar-refractivity contribution in [3.8, 4) is 5.75 Å². The normalized spacial score (nSPS) is 11.8. The highest BCUT2D eigenvalue weighted by Crippen LogP contribution is 2.26. The Morgan fingerprint density at radius 2 is 1.93 bits per heavy atom. The molecule has 28 heavy (non-hydrogen) atoms. The molecule has 3 rings (SSSR count). The predicted molar refractivity (Wildman–Crippen MR) is 110 cm³/mol. The summed E-state index contributed by atoms with van der Waals surface area (Å²) in [6.45, 7) is 2.26. The third-order valence-electron chi connectivity index (χ3n) is 4.21. The number of aromatic amines is 1. The maximum atomic E-state index is 12.6. The zero-order valence-electron chi connectivity index (χ0n) is 15.7. The molecule has 0 aliphatic heterocycles. The van der Waals surface area contributed by atoms with Gasteiger partial charge in [0.15, 0.2) is 5.16 Å². The number of aryl methyl sites for hydroxylation is 1. The van der Waals surface area contributed by atoms with Crippen molar-refractivity contribution in [1.29, 1.82) is 0 Å². The molecular formula is C20H22N4O3S. The van der Waals surface area contributed by atoms with Crippen LogP contribution in [-0.2, 0) is 17.8 Å². The summed E-state index contributed by atoms with van der Waals surface area (Å²) < 4.78 is 6.82. The summed E-state index contributed by atoms with van der Waals surface area (Å²) in [7, 11) is 1.55. The fourth-order valence-electron chi connectivity index (χ4n) is 2.67. The van der Waals surface area contributed by atoms with Crippen LogP contribution in [0.5, 0.6) is 5.75 Å². The molecule has 3 aromatic rings. The Morgan fingerprint density at radius 3 is 2.68 bits per heavy atom. The van der Waals surface area contributed by atoms with Crippen LogP contribution in [0, 0.1) is 0 Å². The highest BCUT2D eigenvalue weighted by Gasteiger charge is 2.20. The quantitative estimate of drug-likeness (QED) is 0.570. The first-order valence-corrected chi connectivity index (χ1v) is 9.76. The number of nitrogens with zero attached hydrogens (tertiary/aromatic N) is 2. The molecule has 0 spiro atoms. The molecule has 0 bridgehead atoms. The Balaban J connectivity index is 1.66. The Hall–Kier alpha value is -3.00. The average molecular weight is 398 g/mol. The summed E-state index contributed by atoms with van der Waals surface area (Å²) in [5.74, 6) is 0.396. The molecule has 1 heterocycles. The molecule has 0 aliphatic rings. The van der Waals surface area contributed by atoms with Gasteiger partial charge in [-0.3, -0.25) is 9.36 Å². The summed E-state index contributed by atoms with van der Waals surface area (Å²) in [5, 5.41) is 9.44. The number of nitrogens with one attached hydrogen (secondary N) is 2. The SMILES string of the molecule is COc1ccccc1NC(=O)C(C)Sc1n[nH]c(=O)n1CCc1ccccc1. The summed E-state index contributed by atoms with van der Waals surface area (Å²) >= 11 is 1.23. The second-order valence-corrected chi connectivity index (χ2v) is 7.46. The second kappa shape index (κ2) is 9.27.